The van der Waals surface area contributed by atoms with Crippen LogP contribution in [-0.4, -0.2) is 24.9 Å². The lowest BCUT2D eigenvalue weighted by atomic mass is 9.80. The molecule has 0 radical (unpaired) electrons. The van der Waals surface area contributed by atoms with Gasteiger partial charge in [-0.15, -0.1) is 0 Å². The molecule has 1 N–H and O–H groups in total. The zero-order valence-corrected chi connectivity index (χ0v) is 8.93. The zero-order chi connectivity index (χ0) is 10.9. The molecule has 0 unspecified atom stereocenters. The fraction of sp³-hybridized carbons (Fsp3) is 0.455. The maximum Gasteiger partial charge on any atom is 0.126 e. The fourth-order valence-corrected chi connectivity index (χ4v) is 1.92. The summed E-state index contributed by atoms with van der Waals surface area (Å²) >= 11 is 5.79. The van der Waals surface area contributed by atoms with Gasteiger partial charge in [0.2, 0.25) is 0 Å². The van der Waals surface area contributed by atoms with Crippen molar-refractivity contribution in [1.29, 1.82) is 0 Å². The van der Waals surface area contributed by atoms with Crippen molar-refractivity contribution < 1.29 is 14.2 Å². The van der Waals surface area contributed by atoms with Crippen LogP contribution in [0.2, 0.25) is 5.02 Å². The van der Waals surface area contributed by atoms with Crippen molar-refractivity contribution in [2.75, 3.05) is 19.8 Å². The molecule has 82 valence electrons. The molecular formula is C11H12ClFO2. The lowest BCUT2D eigenvalue weighted by Gasteiger charge is -2.40. The normalized spacial score (nSPS) is 18.6. The van der Waals surface area contributed by atoms with Gasteiger partial charge in [0.1, 0.15) is 5.82 Å². The van der Waals surface area contributed by atoms with Crippen LogP contribution in [0.25, 0.3) is 0 Å². The van der Waals surface area contributed by atoms with Crippen LogP contribution in [0.15, 0.2) is 18.2 Å². The molecule has 1 aliphatic rings. The Balaban J connectivity index is 2.19. The standard InChI is InChI=1S/C11H12ClFO2/c12-9-1-2-10(13)8(3-9)4-11(5-14)6-15-7-11/h1-3,14H,4-7H2. The van der Waals surface area contributed by atoms with E-state index in [-0.39, 0.29) is 17.8 Å². The predicted octanol–water partition coefficient (Wildman–Crippen LogP) is 2.03. The highest BCUT2D eigenvalue weighted by molar-refractivity contribution is 6.30. The van der Waals surface area contributed by atoms with Gasteiger partial charge < -0.3 is 9.84 Å². The zero-order valence-electron chi connectivity index (χ0n) is 8.17. The molecule has 1 saturated heterocycles. The molecule has 1 aromatic carbocycles. The summed E-state index contributed by atoms with van der Waals surface area (Å²) in [6, 6.07) is 4.47. The van der Waals surface area contributed by atoms with Gasteiger partial charge in [-0.05, 0) is 30.2 Å². The third kappa shape index (κ3) is 2.14. The fourth-order valence-electron chi connectivity index (χ4n) is 1.72. The van der Waals surface area contributed by atoms with E-state index < -0.39 is 0 Å². The van der Waals surface area contributed by atoms with E-state index in [1.165, 1.54) is 12.1 Å². The van der Waals surface area contributed by atoms with Crippen LogP contribution >= 0.6 is 11.6 Å². The highest BCUT2D eigenvalue weighted by Crippen LogP contribution is 2.32. The number of hydrogen-bond donors (Lipinski definition) is 1. The lowest BCUT2D eigenvalue weighted by Crippen LogP contribution is -2.47. The second-order valence-electron chi connectivity index (χ2n) is 4.06. The van der Waals surface area contributed by atoms with Crippen molar-refractivity contribution in [2.24, 2.45) is 5.41 Å². The van der Waals surface area contributed by atoms with E-state index in [0.29, 0.717) is 30.2 Å². The summed E-state index contributed by atoms with van der Waals surface area (Å²) in [4.78, 5) is 0. The van der Waals surface area contributed by atoms with Crippen molar-refractivity contribution in [2.45, 2.75) is 6.42 Å². The summed E-state index contributed by atoms with van der Waals surface area (Å²) in [5.41, 5.74) is 0.228. The lowest BCUT2D eigenvalue weighted by molar-refractivity contribution is -0.136. The van der Waals surface area contributed by atoms with E-state index in [2.05, 4.69) is 0 Å². The maximum atomic E-state index is 13.4. The third-order valence-electron chi connectivity index (χ3n) is 2.73. The van der Waals surface area contributed by atoms with E-state index in [0.717, 1.165) is 0 Å². The summed E-state index contributed by atoms with van der Waals surface area (Å²) in [6.07, 6.45) is 0.468. The van der Waals surface area contributed by atoms with Crippen molar-refractivity contribution in [3.05, 3.63) is 34.6 Å². The quantitative estimate of drug-likeness (QED) is 0.861. The molecule has 15 heavy (non-hydrogen) atoms. The minimum atomic E-state index is -0.314. The highest BCUT2D eigenvalue weighted by Gasteiger charge is 2.38. The van der Waals surface area contributed by atoms with Gasteiger partial charge in [-0.2, -0.15) is 0 Å². The topological polar surface area (TPSA) is 29.5 Å². The molecule has 1 aliphatic heterocycles. The van der Waals surface area contributed by atoms with Crippen LogP contribution in [-0.2, 0) is 11.2 Å². The molecule has 2 nitrogen and oxygen atoms in total. The molecule has 0 bridgehead atoms. The summed E-state index contributed by atoms with van der Waals surface area (Å²) in [7, 11) is 0. The Morgan fingerprint density at radius 2 is 2.20 bits per heavy atom. The number of benzene rings is 1. The number of aliphatic hydroxyl groups is 1. The molecule has 0 spiro atoms. The molecule has 0 aromatic heterocycles. The van der Waals surface area contributed by atoms with Crippen LogP contribution < -0.4 is 0 Å². The Kier molecular flexibility index (Phi) is 2.96. The van der Waals surface area contributed by atoms with Crippen LogP contribution in [0.5, 0.6) is 0 Å². The van der Waals surface area contributed by atoms with Gasteiger partial charge in [-0.25, -0.2) is 4.39 Å². The summed E-state index contributed by atoms with van der Waals surface area (Å²) in [5.74, 6) is -0.279. The number of aliphatic hydroxyl groups excluding tert-OH is 1. The molecule has 0 amide bonds. The maximum absolute atomic E-state index is 13.4. The van der Waals surface area contributed by atoms with Crippen LogP contribution in [0.4, 0.5) is 4.39 Å². The van der Waals surface area contributed by atoms with Gasteiger partial charge >= 0.3 is 0 Å². The number of ether oxygens (including phenoxy) is 1. The smallest absolute Gasteiger partial charge is 0.126 e. The van der Waals surface area contributed by atoms with Crippen LogP contribution in [0.3, 0.4) is 0 Å². The summed E-state index contributed by atoms with van der Waals surface area (Å²) < 4.78 is 18.5. The number of halogens is 2. The second-order valence-corrected chi connectivity index (χ2v) is 4.50. The van der Waals surface area contributed by atoms with Gasteiger partial charge in [0.05, 0.1) is 19.8 Å². The summed E-state index contributed by atoms with van der Waals surface area (Å²) in [6.45, 7) is 0.976. The van der Waals surface area contributed by atoms with E-state index in [1.807, 2.05) is 0 Å². The van der Waals surface area contributed by atoms with E-state index in [4.69, 9.17) is 16.3 Å². The van der Waals surface area contributed by atoms with Crippen molar-refractivity contribution >= 4 is 11.6 Å². The van der Waals surface area contributed by atoms with E-state index in [1.54, 1.807) is 6.07 Å². The first-order chi connectivity index (χ1) is 7.15. The number of hydrogen-bond acceptors (Lipinski definition) is 2. The largest absolute Gasteiger partial charge is 0.396 e. The van der Waals surface area contributed by atoms with E-state index >= 15 is 0 Å². The van der Waals surface area contributed by atoms with Crippen molar-refractivity contribution in [3.8, 4) is 0 Å². The Morgan fingerprint density at radius 3 is 2.73 bits per heavy atom. The SMILES string of the molecule is OCC1(Cc2cc(Cl)ccc2F)COC1. The Morgan fingerprint density at radius 1 is 1.47 bits per heavy atom. The first-order valence-electron chi connectivity index (χ1n) is 4.78. The minimum absolute atomic E-state index is 0.0129. The molecule has 2 rings (SSSR count). The molecule has 0 aliphatic carbocycles. The third-order valence-corrected chi connectivity index (χ3v) is 2.96. The van der Waals surface area contributed by atoms with Gasteiger partial charge in [0, 0.05) is 10.4 Å². The van der Waals surface area contributed by atoms with Crippen LogP contribution in [0, 0.1) is 11.2 Å². The van der Waals surface area contributed by atoms with Gasteiger partial charge in [-0.1, -0.05) is 11.6 Å². The predicted molar refractivity (Wildman–Crippen MR) is 55.5 cm³/mol. The van der Waals surface area contributed by atoms with Crippen molar-refractivity contribution in [3.63, 3.8) is 0 Å². The molecule has 1 heterocycles. The minimum Gasteiger partial charge on any atom is -0.396 e. The first kappa shape index (κ1) is 10.9. The van der Waals surface area contributed by atoms with Gasteiger partial charge in [0.25, 0.3) is 0 Å². The Labute approximate surface area is 92.6 Å². The second kappa shape index (κ2) is 4.08. The molecule has 0 atom stereocenters. The molecule has 4 heteroatoms. The molecule has 0 saturated carbocycles. The first-order valence-corrected chi connectivity index (χ1v) is 5.16. The number of rotatable bonds is 3. The Bertz CT molecular complexity index is 358. The Hall–Kier alpha value is -0.640. The summed E-state index contributed by atoms with van der Waals surface area (Å²) in [5, 5.41) is 9.74. The average molecular weight is 231 g/mol. The van der Waals surface area contributed by atoms with Crippen LogP contribution in [0.1, 0.15) is 5.56 Å². The van der Waals surface area contributed by atoms with Gasteiger partial charge in [-0.3, -0.25) is 0 Å². The molecule has 1 fully saturated rings. The van der Waals surface area contributed by atoms with Gasteiger partial charge in [0.15, 0.2) is 0 Å². The highest BCUT2D eigenvalue weighted by atomic mass is 35.5. The average Bonchev–Trinajstić information content (AvgIpc) is 2.17. The molecule has 1 aromatic rings. The molecular weight excluding hydrogens is 219 g/mol. The van der Waals surface area contributed by atoms with E-state index in [9.17, 15) is 9.50 Å². The monoisotopic (exact) mass is 230 g/mol. The van der Waals surface area contributed by atoms with Crippen molar-refractivity contribution in [1.82, 2.24) is 0 Å².